The predicted octanol–water partition coefficient (Wildman–Crippen LogP) is 2.43. The van der Waals surface area contributed by atoms with Gasteiger partial charge in [-0.05, 0) is 24.3 Å². The Balaban J connectivity index is 2.03. The number of benzene rings is 2. The van der Waals surface area contributed by atoms with Crippen LogP contribution in [-0.4, -0.2) is 35.8 Å². The van der Waals surface area contributed by atoms with Crippen LogP contribution in [0.5, 0.6) is 5.75 Å². The molecule has 1 aromatic heterocycles. The Morgan fingerprint density at radius 3 is 2.68 bits per heavy atom. The Bertz CT molecular complexity index is 984. The average Bonchev–Trinajstić information content (AvgIpc) is 2.57. The standard InChI is InChI=1S/C18H17ClN4O2/c1-20-17-16-14(7-11(19)8-15(16)25-13-9-21-10-13)23(18(24)22-17)12-5-3-2-4-6-12/h2-8,13,21H,9-10H2,1H3,(H,20,22,24). The fourth-order valence-electron chi connectivity index (χ4n) is 2.91. The Kier molecular flexibility index (Phi) is 4.07. The number of fused-ring (bicyclic) bond motifs is 1. The molecular formula is C18H17ClN4O2. The van der Waals surface area contributed by atoms with Crippen molar-refractivity contribution in [2.45, 2.75) is 6.10 Å². The van der Waals surface area contributed by atoms with E-state index in [4.69, 9.17) is 16.3 Å². The van der Waals surface area contributed by atoms with Crippen LogP contribution in [0.15, 0.2) is 47.3 Å². The van der Waals surface area contributed by atoms with Crippen LogP contribution >= 0.6 is 11.6 Å². The molecule has 0 bridgehead atoms. The molecule has 0 amide bonds. The fraction of sp³-hybridized carbons (Fsp3) is 0.222. The number of nitrogens with zero attached hydrogens (tertiary/aromatic N) is 2. The SMILES string of the molecule is CNc1nc(=O)n(-c2ccccc2)c2cc(Cl)cc(OC3CNC3)c12. The second-order valence-corrected chi connectivity index (χ2v) is 6.30. The minimum atomic E-state index is -0.374. The van der Waals surface area contributed by atoms with Crippen LogP contribution in [0.1, 0.15) is 0 Å². The third-order valence-electron chi connectivity index (χ3n) is 4.21. The highest BCUT2D eigenvalue weighted by Gasteiger charge is 2.22. The van der Waals surface area contributed by atoms with Crippen molar-refractivity contribution in [3.8, 4) is 11.4 Å². The van der Waals surface area contributed by atoms with Crippen LogP contribution in [0.25, 0.3) is 16.6 Å². The summed E-state index contributed by atoms with van der Waals surface area (Å²) < 4.78 is 7.62. The van der Waals surface area contributed by atoms with Crippen molar-refractivity contribution in [3.05, 3.63) is 58.0 Å². The number of hydrogen-bond donors (Lipinski definition) is 2. The minimum Gasteiger partial charge on any atom is -0.487 e. The van der Waals surface area contributed by atoms with E-state index in [-0.39, 0.29) is 11.8 Å². The van der Waals surface area contributed by atoms with E-state index >= 15 is 0 Å². The van der Waals surface area contributed by atoms with Crippen molar-refractivity contribution in [2.75, 3.05) is 25.5 Å². The molecule has 1 aliphatic rings. The van der Waals surface area contributed by atoms with Gasteiger partial charge in [0.15, 0.2) is 0 Å². The number of hydrogen-bond acceptors (Lipinski definition) is 5. The van der Waals surface area contributed by atoms with E-state index in [1.807, 2.05) is 30.3 Å². The summed E-state index contributed by atoms with van der Waals surface area (Å²) >= 11 is 6.32. The van der Waals surface area contributed by atoms with Gasteiger partial charge in [-0.15, -0.1) is 0 Å². The van der Waals surface area contributed by atoms with Crippen molar-refractivity contribution >= 4 is 28.3 Å². The molecule has 0 atom stereocenters. The summed E-state index contributed by atoms with van der Waals surface area (Å²) in [4.78, 5) is 16.8. The molecule has 7 heteroatoms. The molecule has 6 nitrogen and oxygen atoms in total. The summed E-state index contributed by atoms with van der Waals surface area (Å²) in [5.74, 6) is 1.10. The molecule has 4 rings (SSSR count). The van der Waals surface area contributed by atoms with Crippen LogP contribution in [0.4, 0.5) is 5.82 Å². The second kappa shape index (κ2) is 6.38. The van der Waals surface area contributed by atoms with Gasteiger partial charge in [-0.25, -0.2) is 4.79 Å². The Hall–Kier alpha value is -2.57. The number of anilines is 1. The van der Waals surface area contributed by atoms with E-state index in [0.717, 1.165) is 24.2 Å². The first kappa shape index (κ1) is 15.9. The lowest BCUT2D eigenvalue weighted by Crippen LogP contribution is -2.50. The van der Waals surface area contributed by atoms with Crippen molar-refractivity contribution in [3.63, 3.8) is 0 Å². The number of rotatable bonds is 4. The maximum absolute atomic E-state index is 12.6. The highest BCUT2D eigenvalue weighted by molar-refractivity contribution is 6.31. The van der Waals surface area contributed by atoms with E-state index in [1.54, 1.807) is 23.7 Å². The number of aromatic nitrogens is 2. The van der Waals surface area contributed by atoms with Crippen LogP contribution in [0.2, 0.25) is 5.02 Å². The number of ether oxygens (including phenoxy) is 1. The van der Waals surface area contributed by atoms with Crippen LogP contribution in [0, 0.1) is 0 Å². The molecule has 2 N–H and O–H groups in total. The minimum absolute atomic E-state index is 0.0866. The Labute approximate surface area is 149 Å². The molecule has 0 radical (unpaired) electrons. The maximum Gasteiger partial charge on any atom is 0.354 e. The van der Waals surface area contributed by atoms with Crippen molar-refractivity contribution < 1.29 is 4.74 Å². The van der Waals surface area contributed by atoms with Gasteiger partial charge in [-0.2, -0.15) is 4.98 Å². The first-order valence-electron chi connectivity index (χ1n) is 8.04. The highest BCUT2D eigenvalue weighted by atomic mass is 35.5. The van der Waals surface area contributed by atoms with Gasteiger partial charge in [0.2, 0.25) is 0 Å². The fourth-order valence-corrected chi connectivity index (χ4v) is 3.11. The van der Waals surface area contributed by atoms with Crippen LogP contribution in [-0.2, 0) is 0 Å². The normalized spacial score (nSPS) is 14.3. The molecule has 1 fully saturated rings. The van der Waals surface area contributed by atoms with Gasteiger partial charge in [0.1, 0.15) is 17.7 Å². The van der Waals surface area contributed by atoms with Crippen molar-refractivity contribution in [1.82, 2.24) is 14.9 Å². The van der Waals surface area contributed by atoms with Gasteiger partial charge in [0.05, 0.1) is 16.6 Å². The quantitative estimate of drug-likeness (QED) is 0.751. The molecular weight excluding hydrogens is 340 g/mol. The molecule has 2 heterocycles. The lowest BCUT2D eigenvalue weighted by Gasteiger charge is -2.28. The van der Waals surface area contributed by atoms with Crippen LogP contribution < -0.4 is 21.1 Å². The third kappa shape index (κ3) is 2.83. The summed E-state index contributed by atoms with van der Waals surface area (Å²) in [5, 5.41) is 7.41. The predicted molar refractivity (Wildman–Crippen MR) is 99.2 cm³/mol. The molecule has 3 aromatic rings. The van der Waals surface area contributed by atoms with E-state index in [0.29, 0.717) is 22.1 Å². The van der Waals surface area contributed by atoms with Crippen molar-refractivity contribution in [2.24, 2.45) is 0 Å². The van der Waals surface area contributed by atoms with Gasteiger partial charge in [-0.1, -0.05) is 29.8 Å². The zero-order valence-corrected chi connectivity index (χ0v) is 14.4. The molecule has 0 spiro atoms. The van der Waals surface area contributed by atoms with Gasteiger partial charge in [-0.3, -0.25) is 4.57 Å². The van der Waals surface area contributed by atoms with Crippen molar-refractivity contribution in [1.29, 1.82) is 0 Å². The number of nitrogens with one attached hydrogen (secondary N) is 2. The Morgan fingerprint density at radius 2 is 2.04 bits per heavy atom. The van der Waals surface area contributed by atoms with Crippen LogP contribution in [0.3, 0.4) is 0 Å². The van der Waals surface area contributed by atoms with Gasteiger partial charge >= 0.3 is 5.69 Å². The second-order valence-electron chi connectivity index (χ2n) is 5.86. The smallest absolute Gasteiger partial charge is 0.354 e. The van der Waals surface area contributed by atoms with E-state index in [9.17, 15) is 4.79 Å². The summed E-state index contributed by atoms with van der Waals surface area (Å²) in [6, 6.07) is 12.9. The first-order chi connectivity index (χ1) is 12.2. The van der Waals surface area contributed by atoms with E-state index in [1.165, 1.54) is 0 Å². The maximum atomic E-state index is 12.6. The summed E-state index contributed by atoms with van der Waals surface area (Å²) in [6.07, 6.45) is 0.0866. The third-order valence-corrected chi connectivity index (χ3v) is 4.43. The molecule has 0 unspecified atom stereocenters. The lowest BCUT2D eigenvalue weighted by molar-refractivity contribution is 0.144. The molecule has 1 aliphatic heterocycles. The monoisotopic (exact) mass is 356 g/mol. The van der Waals surface area contributed by atoms with Gasteiger partial charge in [0, 0.05) is 25.2 Å². The molecule has 0 saturated carbocycles. The molecule has 2 aromatic carbocycles. The lowest BCUT2D eigenvalue weighted by atomic mass is 10.1. The van der Waals surface area contributed by atoms with E-state index < -0.39 is 0 Å². The number of halogens is 1. The first-order valence-corrected chi connectivity index (χ1v) is 8.42. The zero-order chi connectivity index (χ0) is 17.4. The summed E-state index contributed by atoms with van der Waals surface area (Å²) in [7, 11) is 1.73. The van der Waals surface area contributed by atoms with E-state index in [2.05, 4.69) is 15.6 Å². The molecule has 25 heavy (non-hydrogen) atoms. The summed E-state index contributed by atoms with van der Waals surface area (Å²) in [6.45, 7) is 1.57. The Morgan fingerprint density at radius 1 is 1.28 bits per heavy atom. The van der Waals surface area contributed by atoms with Gasteiger partial charge < -0.3 is 15.4 Å². The average molecular weight is 357 g/mol. The molecule has 0 aliphatic carbocycles. The zero-order valence-electron chi connectivity index (χ0n) is 13.6. The largest absolute Gasteiger partial charge is 0.487 e. The number of para-hydroxylation sites is 1. The highest BCUT2D eigenvalue weighted by Crippen LogP contribution is 2.35. The summed E-state index contributed by atoms with van der Waals surface area (Å²) in [5.41, 5.74) is 1.01. The topological polar surface area (TPSA) is 68.2 Å². The van der Waals surface area contributed by atoms with Gasteiger partial charge in [0.25, 0.3) is 0 Å². The molecule has 128 valence electrons. The molecule has 1 saturated heterocycles.